The molecule has 3 N–H and O–H groups in total. The second kappa shape index (κ2) is 3.33. The van der Waals surface area contributed by atoms with Crippen molar-refractivity contribution in [1.29, 1.82) is 0 Å². The Morgan fingerprint density at radius 2 is 1.93 bits per heavy atom. The first-order chi connectivity index (χ1) is 6.34. The molecular formula is C11H15NO2. The highest BCUT2D eigenvalue weighted by Crippen LogP contribution is 2.28. The van der Waals surface area contributed by atoms with Crippen LogP contribution >= 0.6 is 0 Å². The van der Waals surface area contributed by atoms with E-state index >= 15 is 0 Å². The van der Waals surface area contributed by atoms with Crippen LogP contribution in [0.4, 0.5) is 5.69 Å². The van der Waals surface area contributed by atoms with E-state index in [1.165, 1.54) is 0 Å². The van der Waals surface area contributed by atoms with Gasteiger partial charge in [-0.25, -0.2) is 4.79 Å². The van der Waals surface area contributed by atoms with E-state index in [2.05, 4.69) is 0 Å². The lowest BCUT2D eigenvalue weighted by Gasteiger charge is -2.22. The molecule has 0 saturated heterocycles. The van der Waals surface area contributed by atoms with Crippen LogP contribution in [0.5, 0.6) is 0 Å². The Bertz CT molecular complexity index is 364. The van der Waals surface area contributed by atoms with Crippen LogP contribution < -0.4 is 5.73 Å². The third kappa shape index (κ3) is 1.87. The van der Waals surface area contributed by atoms with Crippen molar-refractivity contribution in [3.8, 4) is 0 Å². The smallest absolute Gasteiger partial charge is 0.338 e. The van der Waals surface area contributed by atoms with E-state index in [0.29, 0.717) is 5.69 Å². The number of nitrogen functional groups attached to an aromatic ring is 1. The van der Waals surface area contributed by atoms with Crippen molar-refractivity contribution in [1.82, 2.24) is 0 Å². The van der Waals surface area contributed by atoms with Gasteiger partial charge in [0.15, 0.2) is 0 Å². The molecule has 1 rings (SSSR count). The highest BCUT2D eigenvalue weighted by atomic mass is 16.4. The molecule has 0 radical (unpaired) electrons. The minimum atomic E-state index is -0.965. The molecule has 0 aliphatic rings. The molecular weight excluding hydrogens is 178 g/mol. The monoisotopic (exact) mass is 193 g/mol. The van der Waals surface area contributed by atoms with Crippen molar-refractivity contribution in [2.45, 2.75) is 26.2 Å². The summed E-state index contributed by atoms with van der Waals surface area (Å²) < 4.78 is 0. The van der Waals surface area contributed by atoms with Gasteiger partial charge in [0.25, 0.3) is 0 Å². The van der Waals surface area contributed by atoms with Crippen LogP contribution in [0, 0.1) is 0 Å². The summed E-state index contributed by atoms with van der Waals surface area (Å²) in [5, 5.41) is 9.03. The van der Waals surface area contributed by atoms with Gasteiger partial charge in [-0.3, -0.25) is 0 Å². The van der Waals surface area contributed by atoms with Gasteiger partial charge in [0, 0.05) is 5.69 Å². The van der Waals surface area contributed by atoms with Crippen molar-refractivity contribution in [2.75, 3.05) is 5.73 Å². The van der Waals surface area contributed by atoms with Gasteiger partial charge in [-0.2, -0.15) is 0 Å². The zero-order valence-electron chi connectivity index (χ0n) is 8.66. The average molecular weight is 193 g/mol. The van der Waals surface area contributed by atoms with Crippen molar-refractivity contribution in [3.63, 3.8) is 0 Å². The van der Waals surface area contributed by atoms with E-state index in [4.69, 9.17) is 10.8 Å². The minimum Gasteiger partial charge on any atom is -0.478 e. The first-order valence-corrected chi connectivity index (χ1v) is 4.46. The van der Waals surface area contributed by atoms with Gasteiger partial charge < -0.3 is 10.8 Å². The molecule has 0 bridgehead atoms. The highest BCUT2D eigenvalue weighted by molar-refractivity contribution is 5.95. The normalized spacial score (nSPS) is 11.4. The van der Waals surface area contributed by atoms with Crippen LogP contribution in [-0.2, 0) is 5.41 Å². The number of carboxylic acid groups (broad SMARTS) is 1. The number of rotatable bonds is 1. The molecule has 3 nitrogen and oxygen atoms in total. The Morgan fingerprint density at radius 3 is 2.29 bits per heavy atom. The fourth-order valence-electron chi connectivity index (χ4n) is 1.43. The second-order valence-electron chi connectivity index (χ2n) is 4.32. The van der Waals surface area contributed by atoms with E-state index in [9.17, 15) is 4.79 Å². The average Bonchev–Trinajstić information content (AvgIpc) is 2.01. The zero-order chi connectivity index (χ0) is 10.9. The molecule has 1 aromatic carbocycles. The summed E-state index contributed by atoms with van der Waals surface area (Å²) in [6.45, 7) is 5.90. The second-order valence-corrected chi connectivity index (χ2v) is 4.32. The third-order valence-corrected chi connectivity index (χ3v) is 2.12. The molecule has 1 aromatic rings. The van der Waals surface area contributed by atoms with Gasteiger partial charge in [-0.15, -0.1) is 0 Å². The van der Waals surface area contributed by atoms with Crippen LogP contribution in [0.15, 0.2) is 18.2 Å². The van der Waals surface area contributed by atoms with Gasteiger partial charge in [0.2, 0.25) is 0 Å². The summed E-state index contributed by atoms with van der Waals surface area (Å²) in [5.74, 6) is -0.965. The number of hydrogen-bond donors (Lipinski definition) is 2. The fraction of sp³-hybridized carbons (Fsp3) is 0.364. The molecule has 0 saturated carbocycles. The van der Waals surface area contributed by atoms with Crippen LogP contribution in [-0.4, -0.2) is 11.1 Å². The topological polar surface area (TPSA) is 63.3 Å². The predicted molar refractivity (Wildman–Crippen MR) is 56.5 cm³/mol. The largest absolute Gasteiger partial charge is 0.478 e. The van der Waals surface area contributed by atoms with Crippen LogP contribution in [0.1, 0.15) is 36.7 Å². The molecule has 0 aromatic heterocycles. The van der Waals surface area contributed by atoms with Crippen molar-refractivity contribution in [2.24, 2.45) is 0 Å². The summed E-state index contributed by atoms with van der Waals surface area (Å²) >= 11 is 0. The van der Waals surface area contributed by atoms with E-state index in [1.807, 2.05) is 20.8 Å². The highest BCUT2D eigenvalue weighted by Gasteiger charge is 2.22. The number of carboxylic acids is 1. The van der Waals surface area contributed by atoms with Crippen LogP contribution in [0.25, 0.3) is 0 Å². The molecule has 0 heterocycles. The number of nitrogens with two attached hydrogens (primary N) is 1. The lowest BCUT2D eigenvalue weighted by atomic mass is 9.83. The Kier molecular flexibility index (Phi) is 2.51. The maximum absolute atomic E-state index is 11.0. The Balaban J connectivity index is 3.44. The maximum Gasteiger partial charge on any atom is 0.338 e. The van der Waals surface area contributed by atoms with E-state index in [0.717, 1.165) is 5.56 Å². The molecule has 0 atom stereocenters. The number of hydrogen-bond acceptors (Lipinski definition) is 2. The van der Waals surface area contributed by atoms with Crippen molar-refractivity contribution < 1.29 is 9.90 Å². The Morgan fingerprint density at radius 1 is 1.36 bits per heavy atom. The standard InChI is InChI=1S/C11H15NO2/c1-11(2,3)7-5-4-6-8(12)9(7)10(13)14/h4-6H,12H2,1-3H3,(H,13,14). The molecule has 76 valence electrons. The van der Waals surface area contributed by atoms with E-state index in [-0.39, 0.29) is 11.0 Å². The number of carbonyl (C=O) groups is 1. The summed E-state index contributed by atoms with van der Waals surface area (Å²) in [6, 6.07) is 5.20. The van der Waals surface area contributed by atoms with Crippen LogP contribution in [0.3, 0.4) is 0 Å². The quantitative estimate of drug-likeness (QED) is 0.672. The number of aromatic carboxylic acids is 1. The molecule has 3 heteroatoms. The lowest BCUT2D eigenvalue weighted by molar-refractivity contribution is 0.0695. The summed E-state index contributed by atoms with van der Waals surface area (Å²) in [6.07, 6.45) is 0. The van der Waals surface area contributed by atoms with Crippen LogP contribution in [0.2, 0.25) is 0 Å². The molecule has 0 aliphatic heterocycles. The molecule has 0 spiro atoms. The van der Waals surface area contributed by atoms with E-state index < -0.39 is 5.97 Å². The zero-order valence-corrected chi connectivity index (χ0v) is 8.66. The number of anilines is 1. The van der Waals surface area contributed by atoms with Gasteiger partial charge in [0.05, 0.1) is 5.56 Å². The Hall–Kier alpha value is -1.51. The molecule has 14 heavy (non-hydrogen) atoms. The number of benzene rings is 1. The van der Waals surface area contributed by atoms with Crippen molar-refractivity contribution in [3.05, 3.63) is 29.3 Å². The molecule has 0 aliphatic carbocycles. The summed E-state index contributed by atoms with van der Waals surface area (Å²) in [7, 11) is 0. The molecule has 0 amide bonds. The first-order valence-electron chi connectivity index (χ1n) is 4.46. The summed E-state index contributed by atoms with van der Waals surface area (Å²) in [4.78, 5) is 11.0. The molecule has 0 unspecified atom stereocenters. The van der Waals surface area contributed by atoms with Gasteiger partial charge in [-0.05, 0) is 17.0 Å². The maximum atomic E-state index is 11.0. The summed E-state index contributed by atoms with van der Waals surface area (Å²) in [5.41, 5.74) is 6.75. The van der Waals surface area contributed by atoms with E-state index in [1.54, 1.807) is 18.2 Å². The lowest BCUT2D eigenvalue weighted by Crippen LogP contribution is -2.18. The Labute approximate surface area is 83.6 Å². The van der Waals surface area contributed by atoms with Gasteiger partial charge >= 0.3 is 5.97 Å². The first kappa shape index (κ1) is 10.6. The minimum absolute atomic E-state index is 0.205. The SMILES string of the molecule is CC(C)(C)c1cccc(N)c1C(=O)O. The fourth-order valence-corrected chi connectivity index (χ4v) is 1.43. The van der Waals surface area contributed by atoms with Gasteiger partial charge in [0.1, 0.15) is 0 Å². The molecule has 0 fully saturated rings. The van der Waals surface area contributed by atoms with Gasteiger partial charge in [-0.1, -0.05) is 32.9 Å². The van der Waals surface area contributed by atoms with Crippen molar-refractivity contribution >= 4 is 11.7 Å². The predicted octanol–water partition coefficient (Wildman–Crippen LogP) is 2.26. The third-order valence-electron chi connectivity index (χ3n) is 2.12.